The molecule has 3 aromatic rings. The Kier molecular flexibility index (Phi) is 6.11. The van der Waals surface area contributed by atoms with Crippen LogP contribution in [0.3, 0.4) is 0 Å². The van der Waals surface area contributed by atoms with Crippen molar-refractivity contribution in [1.82, 2.24) is 8.87 Å². The van der Waals surface area contributed by atoms with E-state index in [1.807, 2.05) is 41.2 Å². The van der Waals surface area contributed by atoms with Crippen LogP contribution in [0.25, 0.3) is 5.69 Å². The van der Waals surface area contributed by atoms with Crippen molar-refractivity contribution in [3.05, 3.63) is 72.6 Å². The molecule has 0 saturated carbocycles. The molecule has 0 radical (unpaired) electrons. The number of rotatable bonds is 7. The number of amides is 1. The van der Waals surface area contributed by atoms with Gasteiger partial charge in [-0.2, -0.15) is 4.31 Å². The SMILES string of the molecule is CCOc1ccc(NC(=O)c2cccc(-n3cccc3)c2)cc1S(=O)(=O)N1CCCC1. The first-order valence-corrected chi connectivity index (χ1v) is 11.7. The van der Waals surface area contributed by atoms with E-state index in [0.717, 1.165) is 18.5 Å². The molecule has 1 N–H and O–H groups in total. The molecule has 0 spiro atoms. The molecule has 0 aliphatic carbocycles. The number of nitrogens with one attached hydrogen (secondary N) is 1. The lowest BCUT2D eigenvalue weighted by atomic mass is 10.1. The highest BCUT2D eigenvalue weighted by Gasteiger charge is 2.30. The Hall–Kier alpha value is -3.10. The third-order valence-corrected chi connectivity index (χ3v) is 7.12. The van der Waals surface area contributed by atoms with Crippen LogP contribution in [0.2, 0.25) is 0 Å². The molecule has 4 rings (SSSR count). The van der Waals surface area contributed by atoms with Gasteiger partial charge in [-0.3, -0.25) is 4.79 Å². The summed E-state index contributed by atoms with van der Waals surface area (Å²) in [6, 6.07) is 15.8. The predicted molar refractivity (Wildman–Crippen MR) is 119 cm³/mol. The van der Waals surface area contributed by atoms with Gasteiger partial charge in [-0.15, -0.1) is 0 Å². The Morgan fingerprint density at radius 1 is 1.03 bits per heavy atom. The second kappa shape index (κ2) is 8.95. The lowest BCUT2D eigenvalue weighted by molar-refractivity contribution is 0.102. The summed E-state index contributed by atoms with van der Waals surface area (Å²) in [6.07, 6.45) is 5.49. The molecule has 0 bridgehead atoms. The zero-order valence-electron chi connectivity index (χ0n) is 17.3. The minimum Gasteiger partial charge on any atom is -0.492 e. The van der Waals surface area contributed by atoms with E-state index < -0.39 is 10.0 Å². The number of carbonyl (C=O) groups excluding carboxylic acids is 1. The van der Waals surface area contributed by atoms with Gasteiger partial charge in [0.05, 0.1) is 6.61 Å². The van der Waals surface area contributed by atoms with Crippen molar-refractivity contribution in [2.75, 3.05) is 25.0 Å². The number of hydrogen-bond donors (Lipinski definition) is 1. The molecule has 8 heteroatoms. The summed E-state index contributed by atoms with van der Waals surface area (Å²) in [7, 11) is -3.70. The van der Waals surface area contributed by atoms with Gasteiger partial charge >= 0.3 is 0 Å². The molecule has 0 unspecified atom stereocenters. The zero-order valence-corrected chi connectivity index (χ0v) is 18.1. The van der Waals surface area contributed by atoms with E-state index in [2.05, 4.69) is 5.32 Å². The van der Waals surface area contributed by atoms with Gasteiger partial charge < -0.3 is 14.6 Å². The van der Waals surface area contributed by atoms with Gasteiger partial charge in [0.2, 0.25) is 10.0 Å². The molecule has 2 aromatic carbocycles. The van der Waals surface area contributed by atoms with Crippen molar-refractivity contribution >= 4 is 21.6 Å². The fourth-order valence-corrected chi connectivity index (χ4v) is 5.32. The van der Waals surface area contributed by atoms with Crippen molar-refractivity contribution in [2.45, 2.75) is 24.7 Å². The molecule has 1 aliphatic heterocycles. The molecule has 7 nitrogen and oxygen atoms in total. The van der Waals surface area contributed by atoms with E-state index in [1.54, 1.807) is 31.2 Å². The normalized spacial score (nSPS) is 14.5. The molecule has 1 fully saturated rings. The van der Waals surface area contributed by atoms with Gasteiger partial charge in [0.15, 0.2) is 0 Å². The molecular weight excluding hydrogens is 414 g/mol. The van der Waals surface area contributed by atoms with Crippen LogP contribution in [-0.4, -0.2) is 42.9 Å². The summed E-state index contributed by atoms with van der Waals surface area (Å²) in [5, 5.41) is 2.82. The number of sulfonamides is 1. The summed E-state index contributed by atoms with van der Waals surface area (Å²) in [4.78, 5) is 12.9. The molecule has 2 heterocycles. The first-order chi connectivity index (χ1) is 15.0. The highest BCUT2D eigenvalue weighted by Crippen LogP contribution is 2.32. The fraction of sp³-hybridized carbons (Fsp3) is 0.261. The van der Waals surface area contributed by atoms with Crippen LogP contribution >= 0.6 is 0 Å². The number of hydrogen-bond acceptors (Lipinski definition) is 4. The number of benzene rings is 2. The summed E-state index contributed by atoms with van der Waals surface area (Å²) in [6.45, 7) is 3.15. The first kappa shape index (κ1) is 21.1. The average molecular weight is 440 g/mol. The van der Waals surface area contributed by atoms with E-state index in [-0.39, 0.29) is 10.8 Å². The summed E-state index contributed by atoms with van der Waals surface area (Å²) < 4.78 is 35.2. The number of nitrogens with zero attached hydrogens (tertiary/aromatic N) is 2. The highest BCUT2D eigenvalue weighted by molar-refractivity contribution is 7.89. The summed E-state index contributed by atoms with van der Waals surface area (Å²) in [5.74, 6) is -0.0234. The third-order valence-electron chi connectivity index (χ3n) is 5.20. The van der Waals surface area contributed by atoms with E-state index in [0.29, 0.717) is 36.7 Å². The second-order valence-electron chi connectivity index (χ2n) is 7.30. The predicted octanol–water partition coefficient (Wildman–Crippen LogP) is 3.91. The van der Waals surface area contributed by atoms with Crippen LogP contribution in [-0.2, 0) is 10.0 Å². The second-order valence-corrected chi connectivity index (χ2v) is 9.21. The van der Waals surface area contributed by atoms with E-state index >= 15 is 0 Å². The lowest BCUT2D eigenvalue weighted by Gasteiger charge is -2.19. The Morgan fingerprint density at radius 2 is 1.77 bits per heavy atom. The highest BCUT2D eigenvalue weighted by atomic mass is 32.2. The molecule has 1 amide bonds. The smallest absolute Gasteiger partial charge is 0.255 e. The minimum atomic E-state index is -3.70. The molecule has 1 saturated heterocycles. The Morgan fingerprint density at radius 3 is 2.48 bits per heavy atom. The van der Waals surface area contributed by atoms with Crippen LogP contribution in [0.4, 0.5) is 5.69 Å². The Labute approximate surface area is 182 Å². The maximum absolute atomic E-state index is 13.1. The lowest BCUT2D eigenvalue weighted by Crippen LogP contribution is -2.28. The number of anilines is 1. The summed E-state index contributed by atoms with van der Waals surface area (Å²) >= 11 is 0. The monoisotopic (exact) mass is 439 g/mol. The maximum atomic E-state index is 13.1. The first-order valence-electron chi connectivity index (χ1n) is 10.3. The maximum Gasteiger partial charge on any atom is 0.255 e. The minimum absolute atomic E-state index is 0.0788. The van der Waals surface area contributed by atoms with Crippen LogP contribution in [0.1, 0.15) is 30.1 Å². The average Bonchev–Trinajstić information content (AvgIpc) is 3.49. The van der Waals surface area contributed by atoms with Gasteiger partial charge in [0.25, 0.3) is 5.91 Å². The topological polar surface area (TPSA) is 80.6 Å². The zero-order chi connectivity index (χ0) is 21.8. The Bertz CT molecular complexity index is 1170. The number of carbonyl (C=O) groups is 1. The molecule has 162 valence electrons. The Balaban J connectivity index is 1.62. The van der Waals surface area contributed by atoms with Gasteiger partial charge in [0, 0.05) is 42.4 Å². The van der Waals surface area contributed by atoms with E-state index in [1.165, 1.54) is 10.4 Å². The van der Waals surface area contributed by atoms with Gasteiger partial charge in [0.1, 0.15) is 10.6 Å². The largest absolute Gasteiger partial charge is 0.492 e. The van der Waals surface area contributed by atoms with Crippen LogP contribution in [0, 0.1) is 0 Å². The molecule has 1 aromatic heterocycles. The van der Waals surface area contributed by atoms with Crippen molar-refractivity contribution in [3.8, 4) is 11.4 Å². The van der Waals surface area contributed by atoms with Crippen LogP contribution in [0.5, 0.6) is 5.75 Å². The summed E-state index contributed by atoms with van der Waals surface area (Å²) in [5.41, 5.74) is 1.74. The van der Waals surface area contributed by atoms with Crippen molar-refractivity contribution < 1.29 is 17.9 Å². The standard InChI is InChI=1S/C23H25N3O4S/c1-2-30-21-11-10-19(17-22(21)31(28,29)26-14-5-6-15-26)24-23(27)18-8-7-9-20(16-18)25-12-3-4-13-25/h3-4,7-13,16-17H,2,5-6,14-15H2,1H3,(H,24,27). The van der Waals surface area contributed by atoms with Crippen LogP contribution < -0.4 is 10.1 Å². The van der Waals surface area contributed by atoms with Crippen molar-refractivity contribution in [2.24, 2.45) is 0 Å². The molecular formula is C23H25N3O4S. The molecule has 31 heavy (non-hydrogen) atoms. The van der Waals surface area contributed by atoms with Crippen LogP contribution in [0.15, 0.2) is 71.9 Å². The quantitative estimate of drug-likeness (QED) is 0.605. The van der Waals surface area contributed by atoms with Gasteiger partial charge in [-0.25, -0.2) is 8.42 Å². The molecule has 0 atom stereocenters. The van der Waals surface area contributed by atoms with Crippen molar-refractivity contribution in [3.63, 3.8) is 0 Å². The fourth-order valence-electron chi connectivity index (χ4n) is 3.65. The van der Waals surface area contributed by atoms with E-state index in [9.17, 15) is 13.2 Å². The van der Waals surface area contributed by atoms with E-state index in [4.69, 9.17) is 4.74 Å². The van der Waals surface area contributed by atoms with Crippen molar-refractivity contribution in [1.29, 1.82) is 0 Å². The van der Waals surface area contributed by atoms with Gasteiger partial charge in [-0.1, -0.05) is 6.07 Å². The number of aromatic nitrogens is 1. The third kappa shape index (κ3) is 4.50. The molecule has 1 aliphatic rings. The van der Waals surface area contributed by atoms with Gasteiger partial charge in [-0.05, 0) is 68.3 Å². The number of ether oxygens (including phenoxy) is 1.